The molecule has 2 aromatic heterocycles. The molecule has 0 aromatic carbocycles. The van der Waals surface area contributed by atoms with Crippen LogP contribution in [0, 0.1) is 57.2 Å². The number of carbonyl (C=O) groups is 6. The normalized spacial score (nSPS) is 46.6. The van der Waals surface area contributed by atoms with Crippen LogP contribution in [-0.2, 0) is 28.7 Å². The number of hydrogen-bond donors (Lipinski definition) is 2. The Morgan fingerprint density at radius 2 is 1.00 bits per heavy atom. The third-order valence-corrected chi connectivity index (χ3v) is 21.2. The summed E-state index contributed by atoms with van der Waals surface area (Å²) in [5.74, 6) is -10.0. The molecule has 374 valence electrons. The second-order valence-electron chi connectivity index (χ2n) is 21.9. The maximum Gasteiger partial charge on any atom is 0.375 e. The molecule has 70 heavy (non-hydrogen) atoms. The van der Waals surface area contributed by atoms with Gasteiger partial charge >= 0.3 is 11.9 Å². The van der Waals surface area contributed by atoms with Crippen LogP contribution in [0.3, 0.4) is 0 Å². The Morgan fingerprint density at radius 1 is 0.629 bits per heavy atom. The minimum absolute atomic E-state index is 0.000867. The highest BCUT2D eigenvalue weighted by molar-refractivity contribution is 8.87. The number of carbonyl (C=O) groups excluding carboxylic acids is 6. The molecule has 4 unspecified atom stereocenters. The van der Waals surface area contributed by atoms with Crippen LogP contribution in [0.15, 0.2) is 93.2 Å². The highest BCUT2D eigenvalue weighted by Crippen LogP contribution is 2.75. The second kappa shape index (κ2) is 16.0. The number of esters is 2. The van der Waals surface area contributed by atoms with Gasteiger partial charge in [0.2, 0.25) is 21.8 Å². The van der Waals surface area contributed by atoms with E-state index in [1.165, 1.54) is 62.8 Å². The average Bonchev–Trinajstić information content (AvgIpc) is 4.12. The van der Waals surface area contributed by atoms with Gasteiger partial charge in [-0.3, -0.25) is 19.2 Å². The lowest BCUT2D eigenvalue weighted by molar-refractivity contribution is -0.221. The zero-order valence-electron chi connectivity index (χ0n) is 39.2. The number of ether oxygens (including phenoxy) is 2. The lowest BCUT2D eigenvalue weighted by Crippen LogP contribution is -2.71. The van der Waals surface area contributed by atoms with Crippen molar-refractivity contribution in [2.75, 3.05) is 0 Å². The summed E-state index contributed by atoms with van der Waals surface area (Å²) in [7, 11) is 0.734. The van der Waals surface area contributed by atoms with Crippen molar-refractivity contribution in [3.8, 4) is 0 Å². The van der Waals surface area contributed by atoms with E-state index in [-0.39, 0.29) is 35.5 Å². The Hall–Kier alpha value is -4.52. The zero-order chi connectivity index (χ0) is 50.5. The summed E-state index contributed by atoms with van der Waals surface area (Å²) in [5, 5.41) is 22.5. The number of ketones is 2. The van der Waals surface area contributed by atoms with Crippen molar-refractivity contribution in [3.63, 3.8) is 0 Å². The van der Waals surface area contributed by atoms with Gasteiger partial charge in [-0.25, -0.2) is 27.2 Å². The number of allylic oxidation sites excluding steroid dienone is 8. The van der Waals surface area contributed by atoms with Gasteiger partial charge in [-0.2, -0.15) is 0 Å². The van der Waals surface area contributed by atoms with Crippen molar-refractivity contribution in [1.82, 2.24) is 0 Å². The molecule has 8 aliphatic carbocycles. The van der Waals surface area contributed by atoms with E-state index in [1.54, 1.807) is 27.7 Å². The Morgan fingerprint density at radius 3 is 1.34 bits per heavy atom. The van der Waals surface area contributed by atoms with Crippen molar-refractivity contribution >= 4 is 55.3 Å². The lowest BCUT2D eigenvalue weighted by atomic mass is 9.44. The van der Waals surface area contributed by atoms with Crippen LogP contribution < -0.4 is 0 Å². The van der Waals surface area contributed by atoms with Crippen LogP contribution in [0.1, 0.15) is 101 Å². The van der Waals surface area contributed by atoms with E-state index in [4.69, 9.17) is 18.3 Å². The molecule has 2 N–H and O–H groups in total. The number of fused-ring (bicyclic) bond motifs is 10. The minimum Gasteiger partial charge on any atom is -0.457 e. The SMILES string of the molecule is C[C@@H]1CC2C3C[C@H](F)C4=CC(=O)C=C[C@]4(C)[C@@]3(F)[C@@H](O)C[C@]2(C)[C@@]1(OC(=O)c1ccco1)C(=O)SSC(=O)[C@@]1(OC(=O)c2ccco2)[C@H](C)CC2C3C[C@H](F)C4=CC(=O)C=C[C@]4(C)[C@@]3(F)[C@@H](O)C[C@@]21C. The van der Waals surface area contributed by atoms with Gasteiger partial charge in [0, 0.05) is 45.3 Å². The first-order valence-electron chi connectivity index (χ1n) is 23.7. The van der Waals surface area contributed by atoms with Gasteiger partial charge in [0.25, 0.3) is 0 Å². The molecule has 2 aromatic rings. The third kappa shape index (κ3) is 6.04. The first-order valence-corrected chi connectivity index (χ1v) is 25.9. The van der Waals surface area contributed by atoms with Gasteiger partial charge in [0.15, 0.2) is 34.1 Å². The van der Waals surface area contributed by atoms with E-state index in [9.17, 15) is 29.4 Å². The fraction of sp³-hybridized carbons (Fsp3) is 0.577. The molecule has 8 aliphatic rings. The number of aliphatic hydroxyl groups is 2. The zero-order valence-corrected chi connectivity index (χ0v) is 40.9. The summed E-state index contributed by atoms with van der Waals surface area (Å²) in [6, 6.07) is 5.48. The van der Waals surface area contributed by atoms with Crippen LogP contribution >= 0.6 is 21.6 Å². The molecular formula is C52H54F4O12S2. The number of alkyl halides is 4. The van der Waals surface area contributed by atoms with Crippen molar-refractivity contribution in [2.45, 2.75) is 127 Å². The first-order chi connectivity index (χ1) is 32.8. The Balaban J connectivity index is 1.03. The highest BCUT2D eigenvalue weighted by atomic mass is 33.1. The van der Waals surface area contributed by atoms with Gasteiger partial charge in [-0.1, -0.05) is 39.8 Å². The lowest BCUT2D eigenvalue weighted by Gasteiger charge is -2.63. The predicted molar refractivity (Wildman–Crippen MR) is 245 cm³/mol. The van der Waals surface area contributed by atoms with E-state index in [1.807, 2.05) is 0 Å². The van der Waals surface area contributed by atoms with Gasteiger partial charge in [0.1, 0.15) is 12.3 Å². The minimum atomic E-state index is -2.54. The molecule has 0 spiro atoms. The molecule has 2 heterocycles. The molecule has 6 saturated carbocycles. The summed E-state index contributed by atoms with van der Waals surface area (Å²) >= 11 is 0. The van der Waals surface area contributed by atoms with Crippen LogP contribution in [0.4, 0.5) is 17.6 Å². The van der Waals surface area contributed by atoms with Gasteiger partial charge < -0.3 is 28.5 Å². The molecule has 0 aliphatic heterocycles. The molecule has 12 nitrogen and oxygen atoms in total. The monoisotopic (exact) mass is 1010 g/mol. The largest absolute Gasteiger partial charge is 0.457 e. The average molecular weight is 1010 g/mol. The van der Waals surface area contributed by atoms with Gasteiger partial charge in [-0.05, 0) is 146 Å². The first kappa shape index (κ1) is 49.1. The molecular weight excluding hydrogens is 957 g/mol. The molecule has 18 heteroatoms. The maximum absolute atomic E-state index is 18.3. The molecule has 0 saturated heterocycles. The van der Waals surface area contributed by atoms with Crippen LogP contribution in [0.2, 0.25) is 0 Å². The standard InChI is InChI=1S/C52H54F4O12S2/c1-25-17-29-31-21-35(53)33-19-27(57)11-13-45(33,3)49(31,55)39(59)23-47(29,5)51(25,67-41(61)37-9-7-15-65-37)43(63)69-70-44(64)52(68-42(62)38-10-8-16-66-38)26(2)18-30-32-22-36(54)34-20-28(58)12-14-46(34,4)50(32,56)40(60)24-48(30,52)6/h7-16,19-20,25-26,29-32,35-36,39-40,59-60H,17-18,21-24H2,1-6H3/t25-,26-,29?,30?,31?,32?,35+,36+,39+,40+,45+,46+,47+,48+,49+,50+,51+,52+/m1/s1. The summed E-state index contributed by atoms with van der Waals surface area (Å²) in [5.41, 5.74) is -16.5. The van der Waals surface area contributed by atoms with Crippen LogP contribution in [-0.4, -0.2) is 91.0 Å². The summed E-state index contributed by atoms with van der Waals surface area (Å²) in [4.78, 5) is 84.2. The Kier molecular flexibility index (Phi) is 11.2. The second-order valence-corrected chi connectivity index (χ2v) is 24.0. The smallest absolute Gasteiger partial charge is 0.375 e. The molecule has 0 amide bonds. The number of furan rings is 2. The topological polar surface area (TPSA) is 188 Å². The van der Waals surface area contributed by atoms with E-state index in [2.05, 4.69) is 0 Å². The summed E-state index contributed by atoms with van der Waals surface area (Å²) in [6.45, 7) is 9.27. The number of hydrogen-bond acceptors (Lipinski definition) is 14. The highest BCUT2D eigenvalue weighted by Gasteiger charge is 2.81. The van der Waals surface area contributed by atoms with Crippen molar-refractivity contribution in [1.29, 1.82) is 0 Å². The van der Waals surface area contributed by atoms with Crippen molar-refractivity contribution in [3.05, 3.63) is 95.9 Å². The molecule has 6 fully saturated rings. The van der Waals surface area contributed by atoms with Crippen molar-refractivity contribution < 1.29 is 74.8 Å². The predicted octanol–water partition coefficient (Wildman–Crippen LogP) is 8.93. The van der Waals surface area contributed by atoms with Crippen LogP contribution in [0.25, 0.3) is 0 Å². The fourth-order valence-corrected chi connectivity index (χ4v) is 18.4. The fourth-order valence-electron chi connectivity index (χ4n) is 15.8. The number of rotatable bonds is 6. The quantitative estimate of drug-likeness (QED) is 0.159. The van der Waals surface area contributed by atoms with E-state index >= 15 is 27.2 Å². The number of aliphatic hydroxyl groups excluding tert-OH is 2. The molecule has 18 atom stereocenters. The summed E-state index contributed by atoms with van der Waals surface area (Å²) in [6.07, 6.45) is 0.190. The van der Waals surface area contributed by atoms with Gasteiger partial charge in [-0.15, -0.1) is 0 Å². The Bertz CT molecular complexity index is 2540. The van der Waals surface area contributed by atoms with E-state index < -0.39 is 164 Å². The molecule has 0 radical (unpaired) electrons. The van der Waals surface area contributed by atoms with E-state index in [0.29, 0.717) is 21.6 Å². The summed E-state index contributed by atoms with van der Waals surface area (Å²) < 4.78 is 92.8. The van der Waals surface area contributed by atoms with Crippen LogP contribution in [0.5, 0.6) is 0 Å². The van der Waals surface area contributed by atoms with E-state index in [0.717, 1.165) is 24.3 Å². The maximum atomic E-state index is 18.3. The molecule has 0 bridgehead atoms. The molecule has 10 rings (SSSR count). The third-order valence-electron chi connectivity index (χ3n) is 19.1. The number of halogens is 4. The van der Waals surface area contributed by atoms with Crippen molar-refractivity contribution in [2.24, 2.45) is 57.2 Å². The Labute approximate surface area is 408 Å². The van der Waals surface area contributed by atoms with Gasteiger partial charge in [0.05, 0.1) is 24.7 Å².